The van der Waals surface area contributed by atoms with Crippen LogP contribution in [0.15, 0.2) is 23.1 Å². The molecule has 1 saturated heterocycles. The number of carbonyl (C=O) groups excluding carboxylic acids is 1. The van der Waals surface area contributed by atoms with Crippen LogP contribution in [0.25, 0.3) is 0 Å². The molecule has 0 saturated carbocycles. The first-order chi connectivity index (χ1) is 9.32. The predicted molar refractivity (Wildman–Crippen MR) is 77.5 cm³/mol. The molecule has 1 amide bonds. The molecule has 0 N–H and O–H groups in total. The number of rotatable bonds is 2. The number of sulfonamides is 1. The molecule has 20 heavy (non-hydrogen) atoms. The smallest absolute Gasteiger partial charge is 0.243 e. The summed E-state index contributed by atoms with van der Waals surface area (Å²) in [6, 6.07) is 4.24. The fourth-order valence-corrected chi connectivity index (χ4v) is 3.84. The molecule has 2 rings (SSSR count). The van der Waals surface area contributed by atoms with E-state index in [-0.39, 0.29) is 28.9 Å². The van der Waals surface area contributed by atoms with Crippen molar-refractivity contribution in [1.82, 2.24) is 9.21 Å². The number of piperazine rings is 1. The Hall–Kier alpha value is -0.820. The van der Waals surface area contributed by atoms with Gasteiger partial charge in [0, 0.05) is 33.1 Å². The van der Waals surface area contributed by atoms with Crippen LogP contribution in [0.5, 0.6) is 0 Å². The highest BCUT2D eigenvalue weighted by Crippen LogP contribution is 2.26. The fourth-order valence-electron chi connectivity index (χ4n) is 2.03. The molecule has 0 radical (unpaired) electrons. The topological polar surface area (TPSA) is 57.7 Å². The second-order valence-corrected chi connectivity index (χ2v) is 7.24. The second kappa shape index (κ2) is 5.89. The molecular formula is C12H14Cl2N2O3S. The maximum atomic E-state index is 12.4. The molecular weight excluding hydrogens is 323 g/mol. The SMILES string of the molecule is CC(=O)N1CCN(S(=O)(=O)c2ccc(Cl)c(Cl)c2)CC1. The van der Waals surface area contributed by atoms with Crippen molar-refractivity contribution in [3.63, 3.8) is 0 Å². The molecule has 1 aromatic carbocycles. The maximum Gasteiger partial charge on any atom is 0.243 e. The highest BCUT2D eigenvalue weighted by Gasteiger charge is 2.29. The molecule has 1 aliphatic heterocycles. The lowest BCUT2D eigenvalue weighted by molar-refractivity contribution is -0.129. The lowest BCUT2D eigenvalue weighted by Gasteiger charge is -2.33. The molecule has 1 aromatic rings. The lowest BCUT2D eigenvalue weighted by atomic mass is 10.3. The highest BCUT2D eigenvalue weighted by molar-refractivity contribution is 7.89. The van der Waals surface area contributed by atoms with E-state index in [1.807, 2.05) is 0 Å². The first kappa shape index (κ1) is 15.6. The molecule has 5 nitrogen and oxygen atoms in total. The van der Waals surface area contributed by atoms with E-state index in [9.17, 15) is 13.2 Å². The zero-order valence-electron chi connectivity index (χ0n) is 10.8. The second-order valence-electron chi connectivity index (χ2n) is 4.49. The van der Waals surface area contributed by atoms with E-state index in [2.05, 4.69) is 0 Å². The van der Waals surface area contributed by atoms with Crippen LogP contribution in [0.3, 0.4) is 0 Å². The van der Waals surface area contributed by atoms with E-state index >= 15 is 0 Å². The van der Waals surface area contributed by atoms with Gasteiger partial charge in [-0.15, -0.1) is 0 Å². The van der Waals surface area contributed by atoms with Crippen LogP contribution in [0.2, 0.25) is 10.0 Å². The van der Waals surface area contributed by atoms with Gasteiger partial charge in [0.15, 0.2) is 0 Å². The summed E-state index contributed by atoms with van der Waals surface area (Å²) in [5.74, 6) is -0.0448. The van der Waals surface area contributed by atoms with Crippen molar-refractivity contribution in [2.75, 3.05) is 26.2 Å². The molecule has 110 valence electrons. The van der Waals surface area contributed by atoms with E-state index in [1.54, 1.807) is 4.90 Å². The number of benzene rings is 1. The number of hydrogen-bond acceptors (Lipinski definition) is 3. The van der Waals surface area contributed by atoms with Crippen LogP contribution in [0.4, 0.5) is 0 Å². The quantitative estimate of drug-likeness (QED) is 0.828. The molecule has 0 aromatic heterocycles. The number of halogens is 2. The van der Waals surface area contributed by atoms with Gasteiger partial charge < -0.3 is 4.90 Å². The monoisotopic (exact) mass is 336 g/mol. The normalized spacial score (nSPS) is 17.2. The zero-order chi connectivity index (χ0) is 14.9. The van der Waals surface area contributed by atoms with Gasteiger partial charge in [-0.1, -0.05) is 23.2 Å². The molecule has 8 heteroatoms. The minimum absolute atomic E-state index is 0.0448. The van der Waals surface area contributed by atoms with Crippen LogP contribution in [-0.4, -0.2) is 49.7 Å². The third-order valence-corrected chi connectivity index (χ3v) is 5.85. The third kappa shape index (κ3) is 3.09. The first-order valence-electron chi connectivity index (χ1n) is 6.03. The standard InChI is InChI=1S/C12H14Cl2N2O3S/c1-9(17)15-4-6-16(7-5-15)20(18,19)10-2-3-11(13)12(14)8-10/h2-3,8H,4-7H2,1H3. The van der Waals surface area contributed by atoms with E-state index in [1.165, 1.54) is 29.4 Å². The van der Waals surface area contributed by atoms with Gasteiger partial charge >= 0.3 is 0 Å². The molecule has 0 bridgehead atoms. The van der Waals surface area contributed by atoms with Gasteiger partial charge in [-0.2, -0.15) is 4.31 Å². The molecule has 0 spiro atoms. The molecule has 0 aliphatic carbocycles. The van der Waals surface area contributed by atoms with Crippen molar-refractivity contribution in [2.45, 2.75) is 11.8 Å². The molecule has 1 fully saturated rings. The van der Waals surface area contributed by atoms with E-state index in [4.69, 9.17) is 23.2 Å². The van der Waals surface area contributed by atoms with Gasteiger partial charge in [0.25, 0.3) is 0 Å². The van der Waals surface area contributed by atoms with Gasteiger partial charge in [-0.25, -0.2) is 8.42 Å². The van der Waals surface area contributed by atoms with Crippen LogP contribution in [0.1, 0.15) is 6.92 Å². The predicted octanol–water partition coefficient (Wildman–Crippen LogP) is 1.85. The van der Waals surface area contributed by atoms with Crippen LogP contribution < -0.4 is 0 Å². The maximum absolute atomic E-state index is 12.4. The Morgan fingerprint density at radius 2 is 1.70 bits per heavy atom. The van der Waals surface area contributed by atoms with Gasteiger partial charge in [0.05, 0.1) is 14.9 Å². The Labute approximate surface area is 128 Å². The summed E-state index contributed by atoms with van der Waals surface area (Å²) in [7, 11) is -3.60. The molecule has 1 heterocycles. The minimum atomic E-state index is -3.60. The first-order valence-corrected chi connectivity index (χ1v) is 8.22. The number of nitrogens with zero attached hydrogens (tertiary/aromatic N) is 2. The Bertz CT molecular complexity index is 626. The van der Waals surface area contributed by atoms with Gasteiger partial charge in [-0.3, -0.25) is 4.79 Å². The van der Waals surface area contributed by atoms with E-state index < -0.39 is 10.0 Å². The number of amides is 1. The van der Waals surface area contributed by atoms with Crippen molar-refractivity contribution >= 4 is 39.1 Å². The number of carbonyl (C=O) groups is 1. The van der Waals surface area contributed by atoms with Crippen molar-refractivity contribution in [3.8, 4) is 0 Å². The minimum Gasteiger partial charge on any atom is -0.340 e. The average molecular weight is 337 g/mol. The summed E-state index contributed by atoms with van der Waals surface area (Å²) in [5, 5.41) is 0.516. The summed E-state index contributed by atoms with van der Waals surface area (Å²) in [4.78, 5) is 13.0. The molecule has 0 atom stereocenters. The van der Waals surface area contributed by atoms with Crippen molar-refractivity contribution in [2.24, 2.45) is 0 Å². The molecule has 1 aliphatic rings. The van der Waals surface area contributed by atoms with Crippen molar-refractivity contribution in [1.29, 1.82) is 0 Å². The highest BCUT2D eigenvalue weighted by atomic mass is 35.5. The summed E-state index contributed by atoms with van der Waals surface area (Å²) < 4.78 is 26.2. The van der Waals surface area contributed by atoms with Crippen LogP contribution in [0, 0.1) is 0 Å². The Kier molecular flexibility index (Phi) is 4.59. The van der Waals surface area contributed by atoms with Crippen molar-refractivity contribution < 1.29 is 13.2 Å². The Balaban J connectivity index is 2.19. The summed E-state index contributed by atoms with van der Waals surface area (Å²) >= 11 is 11.6. The summed E-state index contributed by atoms with van der Waals surface area (Å²) in [6.07, 6.45) is 0. The fraction of sp³-hybridized carbons (Fsp3) is 0.417. The largest absolute Gasteiger partial charge is 0.340 e. The Morgan fingerprint density at radius 1 is 1.10 bits per heavy atom. The summed E-state index contributed by atoms with van der Waals surface area (Å²) in [6.45, 7) is 2.83. The lowest BCUT2D eigenvalue weighted by Crippen LogP contribution is -2.49. The molecule has 0 unspecified atom stereocenters. The zero-order valence-corrected chi connectivity index (χ0v) is 13.2. The van der Waals surface area contributed by atoms with Gasteiger partial charge in [-0.05, 0) is 18.2 Å². The van der Waals surface area contributed by atoms with Crippen LogP contribution >= 0.6 is 23.2 Å². The van der Waals surface area contributed by atoms with E-state index in [0.717, 1.165) is 0 Å². The third-order valence-electron chi connectivity index (χ3n) is 3.21. The van der Waals surface area contributed by atoms with Crippen molar-refractivity contribution in [3.05, 3.63) is 28.2 Å². The number of hydrogen-bond donors (Lipinski definition) is 0. The average Bonchev–Trinajstić information content (AvgIpc) is 2.41. The van der Waals surface area contributed by atoms with E-state index in [0.29, 0.717) is 18.1 Å². The van der Waals surface area contributed by atoms with Gasteiger partial charge in [0.2, 0.25) is 15.9 Å². The summed E-state index contributed by atoms with van der Waals surface area (Å²) in [5.41, 5.74) is 0. The van der Waals surface area contributed by atoms with Gasteiger partial charge in [0.1, 0.15) is 0 Å². The Morgan fingerprint density at radius 3 is 2.20 bits per heavy atom. The van der Waals surface area contributed by atoms with Crippen LogP contribution in [-0.2, 0) is 14.8 Å².